The van der Waals surface area contributed by atoms with Gasteiger partial charge < -0.3 is 19.2 Å². The minimum absolute atomic E-state index is 0.0758. The second-order valence-corrected chi connectivity index (χ2v) is 7.50. The van der Waals surface area contributed by atoms with E-state index in [0.29, 0.717) is 38.1 Å². The number of carbonyl (C=O) groups excluding carboxylic acids is 1. The van der Waals surface area contributed by atoms with E-state index < -0.39 is 5.76 Å². The number of hydrogen-bond acceptors (Lipinski definition) is 5. The lowest BCUT2D eigenvalue weighted by Gasteiger charge is -2.13. The van der Waals surface area contributed by atoms with Gasteiger partial charge in [0.15, 0.2) is 5.58 Å². The number of hydrogen-bond donors (Lipinski definition) is 1. The number of para-hydroxylation sites is 2. The van der Waals surface area contributed by atoms with E-state index in [0.717, 1.165) is 34.6 Å². The van der Waals surface area contributed by atoms with Gasteiger partial charge in [0.2, 0.25) is 5.91 Å². The van der Waals surface area contributed by atoms with Crippen molar-refractivity contribution < 1.29 is 18.7 Å². The first-order valence-corrected chi connectivity index (χ1v) is 10.4. The number of fused-ring (bicyclic) bond motifs is 2. The number of amides is 1. The summed E-state index contributed by atoms with van der Waals surface area (Å²) in [6, 6.07) is 11.3. The number of rotatable bonds is 8. The first kappa shape index (κ1) is 20.1. The molecule has 1 aliphatic heterocycles. The summed E-state index contributed by atoms with van der Waals surface area (Å²) in [6.07, 6.45) is 1.87. The molecular formula is C23H26N2O5. The number of nitrogens with one attached hydrogen (secondary N) is 1. The molecule has 1 aromatic heterocycles. The molecule has 0 saturated carbocycles. The van der Waals surface area contributed by atoms with Crippen LogP contribution in [-0.4, -0.2) is 23.2 Å². The van der Waals surface area contributed by atoms with E-state index >= 15 is 0 Å². The van der Waals surface area contributed by atoms with Crippen LogP contribution < -0.4 is 20.5 Å². The maximum Gasteiger partial charge on any atom is 0.419 e. The zero-order valence-corrected chi connectivity index (χ0v) is 17.3. The maximum atomic E-state index is 12.4. The van der Waals surface area contributed by atoms with Crippen LogP contribution in [0.5, 0.6) is 11.5 Å². The molecule has 0 radical (unpaired) electrons. The minimum atomic E-state index is -0.398. The van der Waals surface area contributed by atoms with Gasteiger partial charge in [-0.05, 0) is 44.5 Å². The van der Waals surface area contributed by atoms with Gasteiger partial charge >= 0.3 is 5.76 Å². The smallest absolute Gasteiger partial charge is 0.419 e. The van der Waals surface area contributed by atoms with Crippen LogP contribution in [0, 0.1) is 0 Å². The lowest BCUT2D eigenvalue weighted by Crippen LogP contribution is -2.24. The van der Waals surface area contributed by atoms with Crippen LogP contribution in [0.15, 0.2) is 45.6 Å². The monoisotopic (exact) mass is 410 g/mol. The Bertz CT molecular complexity index is 1110. The Morgan fingerprint density at radius 1 is 1.30 bits per heavy atom. The van der Waals surface area contributed by atoms with Crippen LogP contribution in [0.4, 0.5) is 0 Å². The number of benzene rings is 2. The topological polar surface area (TPSA) is 82.7 Å². The molecule has 0 bridgehead atoms. The highest BCUT2D eigenvalue weighted by Crippen LogP contribution is 2.35. The van der Waals surface area contributed by atoms with Crippen molar-refractivity contribution in [2.75, 3.05) is 6.61 Å². The highest BCUT2D eigenvalue weighted by Gasteiger charge is 2.22. The second kappa shape index (κ2) is 8.65. The summed E-state index contributed by atoms with van der Waals surface area (Å²) >= 11 is 0. The van der Waals surface area contributed by atoms with E-state index in [1.54, 1.807) is 10.6 Å². The molecule has 1 N–H and O–H groups in total. The molecule has 4 rings (SSSR count). The minimum Gasteiger partial charge on any atom is -0.494 e. The molecule has 3 aromatic rings. The zero-order chi connectivity index (χ0) is 21.1. The van der Waals surface area contributed by atoms with E-state index in [9.17, 15) is 9.59 Å². The molecular weight excluding hydrogens is 384 g/mol. The van der Waals surface area contributed by atoms with E-state index in [2.05, 4.69) is 5.32 Å². The van der Waals surface area contributed by atoms with Gasteiger partial charge in [0.1, 0.15) is 17.6 Å². The first-order valence-electron chi connectivity index (χ1n) is 10.4. The molecule has 158 valence electrons. The second-order valence-electron chi connectivity index (χ2n) is 7.50. The van der Waals surface area contributed by atoms with Crippen LogP contribution in [0.2, 0.25) is 0 Å². The van der Waals surface area contributed by atoms with E-state index in [1.807, 2.05) is 44.2 Å². The van der Waals surface area contributed by atoms with Crippen molar-refractivity contribution in [1.82, 2.24) is 9.88 Å². The van der Waals surface area contributed by atoms with E-state index in [4.69, 9.17) is 13.9 Å². The average molecular weight is 410 g/mol. The van der Waals surface area contributed by atoms with Gasteiger partial charge in [0, 0.05) is 37.1 Å². The van der Waals surface area contributed by atoms with Crippen molar-refractivity contribution in [3.8, 4) is 11.5 Å². The predicted octanol–water partition coefficient (Wildman–Crippen LogP) is 3.41. The van der Waals surface area contributed by atoms with E-state index in [-0.39, 0.29) is 12.0 Å². The molecule has 1 aliphatic rings. The molecule has 0 spiro atoms. The third kappa shape index (κ3) is 4.20. The van der Waals surface area contributed by atoms with Gasteiger partial charge in [-0.3, -0.25) is 9.36 Å². The molecule has 0 fully saturated rings. The number of aromatic nitrogens is 1. The van der Waals surface area contributed by atoms with Crippen LogP contribution in [-0.2, 0) is 24.3 Å². The summed E-state index contributed by atoms with van der Waals surface area (Å²) in [6.45, 7) is 5.34. The van der Waals surface area contributed by atoms with Gasteiger partial charge in [-0.1, -0.05) is 12.1 Å². The van der Waals surface area contributed by atoms with Crippen LogP contribution in [0.3, 0.4) is 0 Å². The quantitative estimate of drug-likeness (QED) is 0.615. The standard InChI is InChI=1S/C23H26N2O5/c1-3-28-20-12-16-11-15(2)29-21(16)13-17(20)14-24-22(26)9-6-10-25-18-7-4-5-8-19(18)30-23(25)27/h4-5,7-8,12-13,15H,3,6,9-11,14H2,1-2H3,(H,24,26)/t15-/m0/s1. The molecule has 1 amide bonds. The molecule has 30 heavy (non-hydrogen) atoms. The summed E-state index contributed by atoms with van der Waals surface area (Å²) in [5.74, 6) is 1.17. The Hall–Kier alpha value is -3.22. The summed E-state index contributed by atoms with van der Waals surface area (Å²) in [5, 5.41) is 2.95. The molecule has 0 unspecified atom stereocenters. The van der Waals surface area contributed by atoms with Gasteiger partial charge in [-0.15, -0.1) is 0 Å². The van der Waals surface area contributed by atoms with Crippen molar-refractivity contribution in [2.45, 2.75) is 52.3 Å². The average Bonchev–Trinajstić information content (AvgIpc) is 3.24. The summed E-state index contributed by atoms with van der Waals surface area (Å²) < 4.78 is 18.4. The Morgan fingerprint density at radius 3 is 2.97 bits per heavy atom. The highest BCUT2D eigenvalue weighted by atomic mass is 16.5. The third-order valence-corrected chi connectivity index (χ3v) is 5.21. The van der Waals surface area contributed by atoms with Crippen LogP contribution >= 0.6 is 0 Å². The molecule has 1 atom stereocenters. The van der Waals surface area contributed by atoms with E-state index in [1.165, 1.54) is 0 Å². The normalized spacial score (nSPS) is 15.1. The number of nitrogens with zero attached hydrogens (tertiary/aromatic N) is 1. The third-order valence-electron chi connectivity index (χ3n) is 5.21. The van der Waals surface area contributed by atoms with Gasteiger partial charge in [0.05, 0.1) is 12.1 Å². The highest BCUT2D eigenvalue weighted by molar-refractivity contribution is 5.76. The lowest BCUT2D eigenvalue weighted by molar-refractivity contribution is -0.121. The van der Waals surface area contributed by atoms with Crippen molar-refractivity contribution in [3.05, 3.63) is 58.1 Å². The lowest BCUT2D eigenvalue weighted by atomic mass is 10.1. The number of oxazole rings is 1. The fourth-order valence-corrected chi connectivity index (χ4v) is 3.82. The molecule has 0 aliphatic carbocycles. The van der Waals surface area contributed by atoms with Gasteiger partial charge in [-0.25, -0.2) is 4.79 Å². The van der Waals surface area contributed by atoms with Crippen LogP contribution in [0.25, 0.3) is 11.1 Å². The Labute approximate surface area is 174 Å². The summed E-state index contributed by atoms with van der Waals surface area (Å²) in [5.41, 5.74) is 3.34. The largest absolute Gasteiger partial charge is 0.494 e. The molecule has 7 nitrogen and oxygen atoms in total. The SMILES string of the molecule is CCOc1cc2c(cc1CNC(=O)CCCn1c(=O)oc3ccccc31)O[C@@H](C)C2. The molecule has 7 heteroatoms. The number of aryl methyl sites for hydroxylation is 1. The first-order chi connectivity index (χ1) is 14.5. The fraction of sp³-hybridized carbons (Fsp3) is 0.391. The summed E-state index contributed by atoms with van der Waals surface area (Å²) in [4.78, 5) is 24.4. The van der Waals surface area contributed by atoms with Crippen molar-refractivity contribution in [3.63, 3.8) is 0 Å². The molecule has 2 heterocycles. The van der Waals surface area contributed by atoms with Gasteiger partial charge in [0.25, 0.3) is 0 Å². The zero-order valence-electron chi connectivity index (χ0n) is 17.3. The molecule has 0 saturated heterocycles. The van der Waals surface area contributed by atoms with Crippen molar-refractivity contribution >= 4 is 17.0 Å². The maximum absolute atomic E-state index is 12.4. The summed E-state index contributed by atoms with van der Waals surface area (Å²) in [7, 11) is 0. The number of carbonyl (C=O) groups is 1. The Morgan fingerprint density at radius 2 is 2.13 bits per heavy atom. The Balaban J connectivity index is 1.34. The predicted molar refractivity (Wildman–Crippen MR) is 113 cm³/mol. The fourth-order valence-electron chi connectivity index (χ4n) is 3.82. The van der Waals surface area contributed by atoms with Gasteiger partial charge in [-0.2, -0.15) is 0 Å². The molecule has 2 aromatic carbocycles. The van der Waals surface area contributed by atoms with Crippen molar-refractivity contribution in [2.24, 2.45) is 0 Å². The number of ether oxygens (including phenoxy) is 2. The Kier molecular flexibility index (Phi) is 5.79. The van der Waals surface area contributed by atoms with Crippen molar-refractivity contribution in [1.29, 1.82) is 0 Å². The van der Waals surface area contributed by atoms with Crippen LogP contribution in [0.1, 0.15) is 37.8 Å².